The van der Waals surface area contributed by atoms with E-state index in [1.54, 1.807) is 12.1 Å². The first-order valence-corrected chi connectivity index (χ1v) is 5.73. The van der Waals surface area contributed by atoms with Crippen LogP contribution in [0, 0.1) is 0 Å². The van der Waals surface area contributed by atoms with E-state index in [2.05, 4.69) is 0 Å². The topological polar surface area (TPSA) is 40.5 Å². The Morgan fingerprint density at radius 2 is 1.53 bits per heavy atom. The summed E-state index contributed by atoms with van der Waals surface area (Å²) in [6, 6.07) is 17.1. The average Bonchev–Trinajstić information content (AvgIpc) is 2.39. The molecule has 0 fully saturated rings. The molecule has 2 nitrogen and oxygen atoms in total. The molecular weight excluding hydrogens is 212 g/mol. The standard InChI is InChI=1S/C15H16O2/c16-11-14(13-4-2-1-3-5-13)10-12-6-8-15(17)9-7-12/h1-9,14,16-17H,10-11H2. The van der Waals surface area contributed by atoms with Crippen molar-refractivity contribution >= 4 is 0 Å². The third-order valence-corrected chi connectivity index (χ3v) is 2.91. The lowest BCUT2D eigenvalue weighted by atomic mass is 9.93. The molecule has 0 amide bonds. The van der Waals surface area contributed by atoms with E-state index in [1.807, 2.05) is 42.5 Å². The molecule has 2 rings (SSSR count). The van der Waals surface area contributed by atoms with Crippen LogP contribution >= 0.6 is 0 Å². The summed E-state index contributed by atoms with van der Waals surface area (Å²) in [5, 5.41) is 18.7. The summed E-state index contributed by atoms with van der Waals surface area (Å²) in [6.07, 6.45) is 0.779. The molecular formula is C15H16O2. The minimum Gasteiger partial charge on any atom is -0.508 e. The molecule has 17 heavy (non-hydrogen) atoms. The van der Waals surface area contributed by atoms with Crippen LogP contribution in [0.5, 0.6) is 5.75 Å². The predicted molar refractivity (Wildman–Crippen MR) is 68.1 cm³/mol. The molecule has 0 aliphatic carbocycles. The van der Waals surface area contributed by atoms with Crippen LogP contribution in [0.4, 0.5) is 0 Å². The Morgan fingerprint density at radius 3 is 2.12 bits per heavy atom. The number of phenols is 1. The highest BCUT2D eigenvalue weighted by Crippen LogP contribution is 2.21. The van der Waals surface area contributed by atoms with Gasteiger partial charge in [-0.1, -0.05) is 42.5 Å². The molecule has 2 aromatic rings. The zero-order chi connectivity index (χ0) is 12.1. The van der Waals surface area contributed by atoms with Crippen LogP contribution in [-0.2, 0) is 6.42 Å². The number of rotatable bonds is 4. The zero-order valence-corrected chi connectivity index (χ0v) is 9.58. The fourth-order valence-electron chi connectivity index (χ4n) is 1.93. The van der Waals surface area contributed by atoms with E-state index in [0.29, 0.717) is 0 Å². The van der Waals surface area contributed by atoms with E-state index in [9.17, 15) is 10.2 Å². The van der Waals surface area contributed by atoms with Gasteiger partial charge in [-0.25, -0.2) is 0 Å². The van der Waals surface area contributed by atoms with Crippen molar-refractivity contribution in [3.8, 4) is 5.75 Å². The quantitative estimate of drug-likeness (QED) is 0.844. The molecule has 0 spiro atoms. The Morgan fingerprint density at radius 1 is 0.882 bits per heavy atom. The maximum atomic E-state index is 9.45. The van der Waals surface area contributed by atoms with Gasteiger partial charge in [-0.15, -0.1) is 0 Å². The maximum absolute atomic E-state index is 9.45. The first kappa shape index (κ1) is 11.7. The summed E-state index contributed by atoms with van der Waals surface area (Å²) in [6.45, 7) is 0.130. The van der Waals surface area contributed by atoms with Crippen LogP contribution in [0.3, 0.4) is 0 Å². The highest BCUT2D eigenvalue weighted by molar-refractivity contribution is 5.28. The number of hydrogen-bond donors (Lipinski definition) is 2. The number of benzene rings is 2. The Balaban J connectivity index is 2.13. The van der Waals surface area contributed by atoms with Crippen LogP contribution in [0.15, 0.2) is 54.6 Å². The molecule has 0 saturated carbocycles. The van der Waals surface area contributed by atoms with E-state index >= 15 is 0 Å². The number of aliphatic hydroxyl groups is 1. The first-order chi connectivity index (χ1) is 8.29. The molecule has 88 valence electrons. The van der Waals surface area contributed by atoms with Crippen molar-refractivity contribution in [3.05, 3.63) is 65.7 Å². The molecule has 0 heterocycles. The fraction of sp³-hybridized carbons (Fsp3) is 0.200. The van der Waals surface area contributed by atoms with Gasteiger partial charge in [0.25, 0.3) is 0 Å². The van der Waals surface area contributed by atoms with Gasteiger partial charge in [0.1, 0.15) is 5.75 Å². The minimum absolute atomic E-state index is 0.112. The largest absolute Gasteiger partial charge is 0.508 e. The van der Waals surface area contributed by atoms with Crippen molar-refractivity contribution in [2.75, 3.05) is 6.61 Å². The van der Waals surface area contributed by atoms with Gasteiger partial charge in [-0.05, 0) is 29.7 Å². The smallest absolute Gasteiger partial charge is 0.115 e. The first-order valence-electron chi connectivity index (χ1n) is 5.73. The predicted octanol–water partition coefficient (Wildman–Crippen LogP) is 2.71. The Bertz CT molecular complexity index is 448. The van der Waals surface area contributed by atoms with Gasteiger partial charge >= 0.3 is 0 Å². The maximum Gasteiger partial charge on any atom is 0.115 e. The monoisotopic (exact) mass is 228 g/mol. The van der Waals surface area contributed by atoms with Gasteiger partial charge in [0.15, 0.2) is 0 Å². The summed E-state index contributed by atoms with van der Waals surface area (Å²) in [4.78, 5) is 0. The lowest BCUT2D eigenvalue weighted by Crippen LogP contribution is -2.07. The number of aromatic hydroxyl groups is 1. The molecule has 2 N–H and O–H groups in total. The normalized spacial score (nSPS) is 12.3. The molecule has 0 bridgehead atoms. The average molecular weight is 228 g/mol. The molecule has 0 saturated heterocycles. The van der Waals surface area contributed by atoms with Crippen LogP contribution in [0.1, 0.15) is 17.0 Å². The number of hydrogen-bond acceptors (Lipinski definition) is 2. The second kappa shape index (κ2) is 5.51. The third kappa shape index (κ3) is 3.08. The molecule has 1 atom stereocenters. The second-order valence-corrected chi connectivity index (χ2v) is 4.16. The molecule has 1 unspecified atom stereocenters. The van der Waals surface area contributed by atoms with Crippen LogP contribution < -0.4 is 0 Å². The highest BCUT2D eigenvalue weighted by atomic mass is 16.3. The van der Waals surface area contributed by atoms with E-state index in [4.69, 9.17) is 0 Å². The molecule has 2 heteroatoms. The summed E-state index contributed by atoms with van der Waals surface area (Å²) < 4.78 is 0. The molecule has 0 aliphatic heterocycles. The highest BCUT2D eigenvalue weighted by Gasteiger charge is 2.10. The summed E-state index contributed by atoms with van der Waals surface area (Å²) >= 11 is 0. The van der Waals surface area contributed by atoms with Gasteiger partial charge in [0, 0.05) is 5.92 Å². The van der Waals surface area contributed by atoms with Crippen molar-refractivity contribution in [3.63, 3.8) is 0 Å². The lowest BCUT2D eigenvalue weighted by molar-refractivity contribution is 0.264. The Labute approximate surface area is 101 Å². The lowest BCUT2D eigenvalue weighted by Gasteiger charge is -2.14. The van der Waals surface area contributed by atoms with Gasteiger partial charge in [-0.2, -0.15) is 0 Å². The van der Waals surface area contributed by atoms with E-state index in [0.717, 1.165) is 17.5 Å². The van der Waals surface area contributed by atoms with Gasteiger partial charge < -0.3 is 10.2 Å². The Kier molecular flexibility index (Phi) is 3.78. The molecule has 0 aromatic heterocycles. The fourth-order valence-corrected chi connectivity index (χ4v) is 1.93. The molecule has 0 radical (unpaired) electrons. The van der Waals surface area contributed by atoms with Crippen molar-refractivity contribution in [1.29, 1.82) is 0 Å². The van der Waals surface area contributed by atoms with Crippen LogP contribution in [-0.4, -0.2) is 16.8 Å². The SMILES string of the molecule is OCC(Cc1ccc(O)cc1)c1ccccc1. The van der Waals surface area contributed by atoms with Crippen LogP contribution in [0.2, 0.25) is 0 Å². The summed E-state index contributed by atoms with van der Waals surface area (Å²) in [5.41, 5.74) is 2.26. The number of phenolic OH excluding ortho intramolecular Hbond substituents is 1. The van der Waals surface area contributed by atoms with Crippen molar-refractivity contribution in [1.82, 2.24) is 0 Å². The second-order valence-electron chi connectivity index (χ2n) is 4.16. The van der Waals surface area contributed by atoms with Crippen molar-refractivity contribution < 1.29 is 10.2 Å². The van der Waals surface area contributed by atoms with Gasteiger partial charge in [0.2, 0.25) is 0 Å². The van der Waals surface area contributed by atoms with Crippen molar-refractivity contribution in [2.45, 2.75) is 12.3 Å². The van der Waals surface area contributed by atoms with E-state index in [1.165, 1.54) is 0 Å². The summed E-state index contributed by atoms with van der Waals surface area (Å²) in [7, 11) is 0. The zero-order valence-electron chi connectivity index (χ0n) is 9.58. The van der Waals surface area contributed by atoms with Gasteiger partial charge in [-0.3, -0.25) is 0 Å². The Hall–Kier alpha value is -1.80. The van der Waals surface area contributed by atoms with E-state index < -0.39 is 0 Å². The van der Waals surface area contributed by atoms with Crippen molar-refractivity contribution in [2.24, 2.45) is 0 Å². The summed E-state index contributed by atoms with van der Waals surface area (Å²) in [5.74, 6) is 0.384. The third-order valence-electron chi connectivity index (χ3n) is 2.91. The van der Waals surface area contributed by atoms with Gasteiger partial charge in [0.05, 0.1) is 6.61 Å². The number of aliphatic hydroxyl groups excluding tert-OH is 1. The molecule has 0 aliphatic rings. The minimum atomic E-state index is 0.112. The van der Waals surface area contributed by atoms with Crippen LogP contribution in [0.25, 0.3) is 0 Å². The van der Waals surface area contributed by atoms with E-state index in [-0.39, 0.29) is 18.3 Å². The molecule has 2 aromatic carbocycles.